The van der Waals surface area contributed by atoms with E-state index in [9.17, 15) is 18.0 Å². The normalized spacial score (nSPS) is 11.2. The van der Waals surface area contributed by atoms with E-state index in [1.165, 1.54) is 24.3 Å². The number of benzene rings is 3. The largest absolute Gasteiger partial charge is 0.366 e. The number of aryl methyl sites for hydroxylation is 1. The van der Waals surface area contributed by atoms with Crippen molar-refractivity contribution in [3.8, 4) is 22.4 Å². The van der Waals surface area contributed by atoms with Crippen LogP contribution in [0.2, 0.25) is 5.02 Å². The van der Waals surface area contributed by atoms with E-state index in [0.717, 1.165) is 6.26 Å². The summed E-state index contributed by atoms with van der Waals surface area (Å²) in [7, 11) is -3.54. The maximum Gasteiger partial charge on any atom is 0.256 e. The molecule has 3 N–H and O–H groups in total. The monoisotopic (exact) mass is 519 g/mol. The van der Waals surface area contributed by atoms with Crippen LogP contribution >= 0.6 is 11.6 Å². The molecule has 0 radical (unpaired) electrons. The number of amides is 2. The number of aromatic nitrogens is 1. The Hall–Kier alpha value is -4.01. The molecule has 2 amide bonds. The van der Waals surface area contributed by atoms with Crippen molar-refractivity contribution in [1.82, 2.24) is 4.98 Å². The first kappa shape index (κ1) is 25.1. The molecule has 0 saturated heterocycles. The number of halogens is 1. The van der Waals surface area contributed by atoms with Crippen LogP contribution in [-0.4, -0.2) is 31.5 Å². The maximum atomic E-state index is 13.4. The minimum Gasteiger partial charge on any atom is -0.366 e. The van der Waals surface area contributed by atoms with Crippen LogP contribution in [0.25, 0.3) is 22.4 Å². The van der Waals surface area contributed by atoms with Gasteiger partial charge in [0.15, 0.2) is 9.84 Å². The SMILES string of the molecule is Cc1cc(C(N)=O)ccc1-c1cc(S(C)(=O)=O)ccc1C(=O)Nc1ccc(Cl)c(-c2ccccn2)c1. The molecule has 7 nitrogen and oxygen atoms in total. The van der Waals surface area contributed by atoms with Crippen LogP contribution in [-0.2, 0) is 9.84 Å². The number of hydrogen-bond donors (Lipinski definition) is 2. The number of primary amides is 1. The van der Waals surface area contributed by atoms with E-state index in [2.05, 4.69) is 10.3 Å². The summed E-state index contributed by atoms with van der Waals surface area (Å²) in [4.78, 5) is 29.4. The molecule has 0 saturated carbocycles. The highest BCUT2D eigenvalue weighted by Crippen LogP contribution is 2.32. The molecule has 182 valence electrons. The van der Waals surface area contributed by atoms with Gasteiger partial charge in [0.05, 0.1) is 15.6 Å². The molecule has 0 aliphatic carbocycles. The number of nitrogens with zero attached hydrogens (tertiary/aromatic N) is 1. The Morgan fingerprint density at radius 3 is 2.33 bits per heavy atom. The first-order chi connectivity index (χ1) is 17.0. The molecule has 0 aliphatic rings. The van der Waals surface area contributed by atoms with Gasteiger partial charge in [-0.1, -0.05) is 23.7 Å². The average molecular weight is 520 g/mol. The van der Waals surface area contributed by atoms with Crippen LogP contribution in [0.4, 0.5) is 5.69 Å². The summed E-state index contributed by atoms with van der Waals surface area (Å²) in [6.45, 7) is 1.76. The van der Waals surface area contributed by atoms with Crippen molar-refractivity contribution in [2.24, 2.45) is 5.73 Å². The van der Waals surface area contributed by atoms with Gasteiger partial charge in [0.2, 0.25) is 5.91 Å². The van der Waals surface area contributed by atoms with Crippen LogP contribution in [0.1, 0.15) is 26.3 Å². The number of pyridine rings is 1. The molecule has 0 bridgehead atoms. The van der Waals surface area contributed by atoms with E-state index in [4.69, 9.17) is 17.3 Å². The zero-order valence-electron chi connectivity index (χ0n) is 19.4. The zero-order chi connectivity index (χ0) is 26.0. The standard InChI is InChI=1S/C27H22ClN3O4S/c1-16-13-17(26(29)32)6-9-20(16)22-15-19(36(2,34)35)8-10-21(22)27(33)31-18-7-11-24(28)23(14-18)25-5-3-4-12-30-25/h3-15H,1-2H3,(H2,29,32)(H,31,33). The summed E-state index contributed by atoms with van der Waals surface area (Å²) in [6, 6.07) is 19.6. The van der Waals surface area contributed by atoms with Crippen LogP contribution in [0.3, 0.4) is 0 Å². The fourth-order valence-corrected chi connectivity index (χ4v) is 4.68. The van der Waals surface area contributed by atoms with E-state index in [1.54, 1.807) is 49.5 Å². The molecule has 1 aromatic heterocycles. The van der Waals surface area contributed by atoms with E-state index < -0.39 is 21.7 Å². The summed E-state index contributed by atoms with van der Waals surface area (Å²) < 4.78 is 24.5. The number of nitrogens with two attached hydrogens (primary N) is 1. The van der Waals surface area contributed by atoms with Crippen molar-refractivity contribution < 1.29 is 18.0 Å². The maximum absolute atomic E-state index is 13.4. The number of anilines is 1. The van der Waals surface area contributed by atoms with Gasteiger partial charge < -0.3 is 11.1 Å². The third-order valence-corrected chi connectivity index (χ3v) is 7.07. The predicted octanol–water partition coefficient (Wildman–Crippen LogP) is 5.13. The Morgan fingerprint density at radius 1 is 0.917 bits per heavy atom. The highest BCUT2D eigenvalue weighted by Gasteiger charge is 2.19. The lowest BCUT2D eigenvalue weighted by molar-refractivity contribution is 0.0997. The molecule has 0 spiro atoms. The van der Waals surface area contributed by atoms with E-state index in [0.29, 0.717) is 44.2 Å². The number of carbonyl (C=O) groups excluding carboxylic acids is 2. The topological polar surface area (TPSA) is 119 Å². The molecule has 0 unspecified atom stereocenters. The molecule has 9 heteroatoms. The molecule has 0 fully saturated rings. The van der Waals surface area contributed by atoms with Crippen molar-refractivity contribution in [3.05, 3.63) is 101 Å². The van der Waals surface area contributed by atoms with Gasteiger partial charge in [-0.2, -0.15) is 0 Å². The second-order valence-electron chi connectivity index (χ2n) is 8.24. The summed E-state index contributed by atoms with van der Waals surface area (Å²) in [5.74, 6) is -1.03. The number of carbonyl (C=O) groups is 2. The molecule has 1 heterocycles. The van der Waals surface area contributed by atoms with Gasteiger partial charge in [0.25, 0.3) is 5.91 Å². The van der Waals surface area contributed by atoms with E-state index in [1.807, 2.05) is 12.1 Å². The predicted molar refractivity (Wildman–Crippen MR) is 141 cm³/mol. The number of rotatable bonds is 6. The van der Waals surface area contributed by atoms with Gasteiger partial charge in [-0.3, -0.25) is 14.6 Å². The number of hydrogen-bond acceptors (Lipinski definition) is 5. The van der Waals surface area contributed by atoms with Crippen molar-refractivity contribution in [3.63, 3.8) is 0 Å². The highest BCUT2D eigenvalue weighted by molar-refractivity contribution is 7.90. The molecule has 0 atom stereocenters. The van der Waals surface area contributed by atoms with Crippen molar-refractivity contribution >= 4 is 38.9 Å². The summed E-state index contributed by atoms with van der Waals surface area (Å²) in [5, 5.41) is 3.35. The summed E-state index contributed by atoms with van der Waals surface area (Å²) in [6.07, 6.45) is 2.75. The average Bonchev–Trinajstić information content (AvgIpc) is 2.84. The summed E-state index contributed by atoms with van der Waals surface area (Å²) >= 11 is 6.36. The summed E-state index contributed by atoms with van der Waals surface area (Å²) in [5.41, 5.74) is 9.41. The molecular weight excluding hydrogens is 498 g/mol. The van der Waals surface area contributed by atoms with E-state index in [-0.39, 0.29) is 10.5 Å². The van der Waals surface area contributed by atoms with Gasteiger partial charge in [-0.05, 0) is 84.3 Å². The zero-order valence-corrected chi connectivity index (χ0v) is 21.0. The van der Waals surface area contributed by atoms with Gasteiger partial charge in [-0.25, -0.2) is 8.42 Å². The molecular formula is C27H22ClN3O4S. The van der Waals surface area contributed by atoms with E-state index >= 15 is 0 Å². The van der Waals surface area contributed by atoms with Crippen molar-refractivity contribution in [2.45, 2.75) is 11.8 Å². The first-order valence-corrected chi connectivity index (χ1v) is 13.1. The highest BCUT2D eigenvalue weighted by atomic mass is 35.5. The van der Waals surface area contributed by atoms with Gasteiger partial charge in [-0.15, -0.1) is 0 Å². The quantitative estimate of drug-likeness (QED) is 0.366. The van der Waals surface area contributed by atoms with Crippen LogP contribution in [0.15, 0.2) is 83.9 Å². The Bertz CT molecular complexity index is 1600. The third-order valence-electron chi connectivity index (χ3n) is 5.63. The Balaban J connectivity index is 1.78. The van der Waals surface area contributed by atoms with Crippen LogP contribution in [0.5, 0.6) is 0 Å². The first-order valence-electron chi connectivity index (χ1n) is 10.8. The molecule has 3 aromatic carbocycles. The minimum atomic E-state index is -3.54. The Morgan fingerprint density at radius 2 is 1.69 bits per heavy atom. The lowest BCUT2D eigenvalue weighted by Crippen LogP contribution is -2.14. The van der Waals surface area contributed by atoms with Gasteiger partial charge >= 0.3 is 0 Å². The lowest BCUT2D eigenvalue weighted by atomic mass is 9.94. The number of sulfone groups is 1. The van der Waals surface area contributed by atoms with Crippen LogP contribution in [0, 0.1) is 6.92 Å². The fraction of sp³-hybridized carbons (Fsp3) is 0.0741. The van der Waals surface area contributed by atoms with Crippen LogP contribution < -0.4 is 11.1 Å². The molecule has 36 heavy (non-hydrogen) atoms. The minimum absolute atomic E-state index is 0.0661. The molecule has 4 rings (SSSR count). The lowest BCUT2D eigenvalue weighted by Gasteiger charge is -2.15. The number of nitrogens with one attached hydrogen (secondary N) is 1. The smallest absolute Gasteiger partial charge is 0.256 e. The van der Waals surface area contributed by atoms with Crippen molar-refractivity contribution in [2.75, 3.05) is 11.6 Å². The third kappa shape index (κ3) is 5.30. The van der Waals surface area contributed by atoms with Crippen molar-refractivity contribution in [1.29, 1.82) is 0 Å². The molecule has 4 aromatic rings. The second-order valence-corrected chi connectivity index (χ2v) is 10.7. The van der Waals surface area contributed by atoms with Gasteiger partial charge in [0, 0.05) is 34.8 Å². The fourth-order valence-electron chi connectivity index (χ4n) is 3.81. The second kappa shape index (κ2) is 9.93. The van der Waals surface area contributed by atoms with Gasteiger partial charge in [0.1, 0.15) is 0 Å². The molecule has 0 aliphatic heterocycles. The Labute approximate surface area is 213 Å². The Kier molecular flexibility index (Phi) is 6.92.